The molecule has 1 aliphatic rings. The second-order valence-electron chi connectivity index (χ2n) is 3.97. The van der Waals surface area contributed by atoms with Crippen LogP contribution < -0.4 is 4.90 Å². The first-order valence-electron chi connectivity index (χ1n) is 5.25. The maximum Gasteiger partial charge on any atom is 0.308 e. The van der Waals surface area contributed by atoms with Gasteiger partial charge in [-0.1, -0.05) is 0 Å². The highest BCUT2D eigenvalue weighted by Gasteiger charge is 2.17. The van der Waals surface area contributed by atoms with Gasteiger partial charge in [-0.2, -0.15) is 0 Å². The Hall–Kier alpha value is -1.14. The Morgan fingerprint density at radius 2 is 2.19 bits per heavy atom. The minimum absolute atomic E-state index is 0.0748. The summed E-state index contributed by atoms with van der Waals surface area (Å²) in [6.07, 6.45) is 1.75. The Balaban J connectivity index is 1.99. The van der Waals surface area contributed by atoms with Gasteiger partial charge < -0.3 is 14.9 Å². The average molecular weight is 241 g/mol. The van der Waals surface area contributed by atoms with E-state index in [9.17, 15) is 4.79 Å². The topological polar surface area (TPSA) is 56.7 Å². The quantitative estimate of drug-likeness (QED) is 0.836. The van der Waals surface area contributed by atoms with E-state index in [0.717, 1.165) is 36.2 Å². The second-order valence-corrected chi connectivity index (χ2v) is 5.06. The van der Waals surface area contributed by atoms with Gasteiger partial charge in [-0.15, -0.1) is 11.3 Å². The standard InChI is InChI=1S/C10H15N3O2S/c1-12-2-4-13(5-3-12)10-11-7-8(16-10)6-9(14)15/h7H,2-6H2,1H3,(H,14,15). The number of carboxylic acid groups (broad SMARTS) is 1. The Morgan fingerprint density at radius 3 is 2.81 bits per heavy atom. The summed E-state index contributed by atoms with van der Waals surface area (Å²) in [4.78, 5) is 20.2. The average Bonchev–Trinajstić information content (AvgIpc) is 2.66. The summed E-state index contributed by atoms with van der Waals surface area (Å²) < 4.78 is 0. The lowest BCUT2D eigenvalue weighted by molar-refractivity contribution is -0.136. The third-order valence-electron chi connectivity index (χ3n) is 2.64. The zero-order valence-corrected chi connectivity index (χ0v) is 10.0. The van der Waals surface area contributed by atoms with Crippen LogP contribution in [0.4, 0.5) is 5.13 Å². The summed E-state index contributed by atoms with van der Waals surface area (Å²) in [5, 5.41) is 9.63. The lowest BCUT2D eigenvalue weighted by atomic mass is 10.3. The fourth-order valence-electron chi connectivity index (χ4n) is 1.67. The number of carboxylic acids is 1. The highest BCUT2D eigenvalue weighted by atomic mass is 32.1. The third kappa shape index (κ3) is 2.70. The number of carbonyl (C=O) groups is 1. The van der Waals surface area contributed by atoms with Gasteiger partial charge in [-0.3, -0.25) is 4.79 Å². The van der Waals surface area contributed by atoms with Gasteiger partial charge in [0.15, 0.2) is 5.13 Å². The lowest BCUT2D eigenvalue weighted by Gasteiger charge is -2.32. The molecule has 0 aliphatic carbocycles. The SMILES string of the molecule is CN1CCN(c2ncc(CC(=O)O)s2)CC1. The first-order valence-corrected chi connectivity index (χ1v) is 6.07. The molecule has 16 heavy (non-hydrogen) atoms. The number of anilines is 1. The van der Waals surface area contributed by atoms with Crippen molar-refractivity contribution in [2.45, 2.75) is 6.42 Å². The smallest absolute Gasteiger partial charge is 0.308 e. The molecular weight excluding hydrogens is 226 g/mol. The van der Waals surface area contributed by atoms with Crippen LogP contribution >= 0.6 is 11.3 Å². The van der Waals surface area contributed by atoms with E-state index < -0.39 is 5.97 Å². The molecule has 1 saturated heterocycles. The monoisotopic (exact) mass is 241 g/mol. The van der Waals surface area contributed by atoms with Gasteiger partial charge in [0.1, 0.15) is 0 Å². The molecule has 2 rings (SSSR count). The number of aromatic nitrogens is 1. The van der Waals surface area contributed by atoms with Crippen molar-refractivity contribution in [1.82, 2.24) is 9.88 Å². The van der Waals surface area contributed by atoms with E-state index in [1.165, 1.54) is 11.3 Å². The van der Waals surface area contributed by atoms with Crippen molar-refractivity contribution in [3.63, 3.8) is 0 Å². The molecule has 1 aromatic rings. The van der Waals surface area contributed by atoms with Gasteiger partial charge in [0.25, 0.3) is 0 Å². The van der Waals surface area contributed by atoms with Crippen LogP contribution in [-0.2, 0) is 11.2 Å². The number of likely N-dealkylation sites (N-methyl/N-ethyl adjacent to an activating group) is 1. The number of hydrogen-bond donors (Lipinski definition) is 1. The van der Waals surface area contributed by atoms with Crippen LogP contribution in [0.2, 0.25) is 0 Å². The van der Waals surface area contributed by atoms with E-state index in [1.54, 1.807) is 6.20 Å². The molecule has 0 radical (unpaired) electrons. The van der Waals surface area contributed by atoms with Crippen LogP contribution in [0, 0.1) is 0 Å². The molecule has 1 aromatic heterocycles. The zero-order valence-electron chi connectivity index (χ0n) is 9.22. The van der Waals surface area contributed by atoms with Gasteiger partial charge >= 0.3 is 5.97 Å². The van der Waals surface area contributed by atoms with Crippen LogP contribution in [0.5, 0.6) is 0 Å². The fourth-order valence-corrected chi connectivity index (χ4v) is 2.62. The van der Waals surface area contributed by atoms with Crippen LogP contribution in [0.25, 0.3) is 0 Å². The van der Waals surface area contributed by atoms with E-state index in [1.807, 2.05) is 0 Å². The van der Waals surface area contributed by atoms with Crippen LogP contribution in [0.1, 0.15) is 4.88 Å². The molecule has 1 N–H and O–H groups in total. The molecule has 1 aliphatic heterocycles. The minimum Gasteiger partial charge on any atom is -0.481 e. The van der Waals surface area contributed by atoms with E-state index in [0.29, 0.717) is 0 Å². The highest BCUT2D eigenvalue weighted by Crippen LogP contribution is 2.23. The minimum atomic E-state index is -0.798. The third-order valence-corrected chi connectivity index (χ3v) is 3.70. The van der Waals surface area contributed by atoms with Crippen molar-refractivity contribution in [2.75, 3.05) is 38.1 Å². The molecule has 88 valence electrons. The maximum absolute atomic E-state index is 10.6. The van der Waals surface area contributed by atoms with Crippen molar-refractivity contribution in [3.8, 4) is 0 Å². The predicted molar refractivity (Wildman–Crippen MR) is 63.2 cm³/mol. The van der Waals surface area contributed by atoms with E-state index in [2.05, 4.69) is 21.8 Å². The van der Waals surface area contributed by atoms with Gasteiger partial charge in [0.05, 0.1) is 6.42 Å². The predicted octanol–water partition coefficient (Wildman–Crippen LogP) is 0.522. The molecule has 0 unspecified atom stereocenters. The summed E-state index contributed by atoms with van der Waals surface area (Å²) in [6.45, 7) is 4.01. The molecule has 0 saturated carbocycles. The van der Waals surface area contributed by atoms with Crippen LogP contribution in [0.3, 0.4) is 0 Å². The van der Waals surface area contributed by atoms with Crippen molar-refractivity contribution in [2.24, 2.45) is 0 Å². The van der Waals surface area contributed by atoms with E-state index in [-0.39, 0.29) is 6.42 Å². The second kappa shape index (κ2) is 4.80. The number of thiazole rings is 1. The van der Waals surface area contributed by atoms with Crippen molar-refractivity contribution >= 4 is 22.4 Å². The molecule has 0 spiro atoms. The number of aliphatic carboxylic acids is 1. The van der Waals surface area contributed by atoms with Crippen LogP contribution in [-0.4, -0.2) is 54.2 Å². The molecule has 0 atom stereocenters. The molecule has 6 heteroatoms. The van der Waals surface area contributed by atoms with E-state index in [4.69, 9.17) is 5.11 Å². The summed E-state index contributed by atoms with van der Waals surface area (Å²) in [5.41, 5.74) is 0. The normalized spacial score (nSPS) is 17.7. The fraction of sp³-hybridized carbons (Fsp3) is 0.600. The maximum atomic E-state index is 10.6. The molecule has 0 amide bonds. The molecular formula is C10H15N3O2S. The molecule has 2 heterocycles. The van der Waals surface area contributed by atoms with Gasteiger partial charge in [0.2, 0.25) is 0 Å². The van der Waals surface area contributed by atoms with Gasteiger partial charge in [0, 0.05) is 37.3 Å². The number of hydrogen-bond acceptors (Lipinski definition) is 5. The summed E-state index contributed by atoms with van der Waals surface area (Å²) in [5.74, 6) is -0.798. The van der Waals surface area contributed by atoms with Gasteiger partial charge in [-0.25, -0.2) is 4.98 Å². The van der Waals surface area contributed by atoms with Crippen molar-refractivity contribution < 1.29 is 9.90 Å². The summed E-state index contributed by atoms with van der Waals surface area (Å²) in [6, 6.07) is 0. The Labute approximate surface area is 98.3 Å². The largest absolute Gasteiger partial charge is 0.481 e. The molecule has 1 fully saturated rings. The number of nitrogens with zero attached hydrogens (tertiary/aromatic N) is 3. The number of rotatable bonds is 3. The first kappa shape index (κ1) is 11.3. The molecule has 0 aromatic carbocycles. The Bertz CT molecular complexity index is 372. The lowest BCUT2D eigenvalue weighted by Crippen LogP contribution is -2.44. The molecule has 0 bridgehead atoms. The molecule has 5 nitrogen and oxygen atoms in total. The van der Waals surface area contributed by atoms with Crippen molar-refractivity contribution in [1.29, 1.82) is 0 Å². The number of piperazine rings is 1. The Morgan fingerprint density at radius 1 is 1.50 bits per heavy atom. The Kier molecular flexibility index (Phi) is 3.40. The van der Waals surface area contributed by atoms with Gasteiger partial charge in [-0.05, 0) is 7.05 Å². The van der Waals surface area contributed by atoms with Crippen molar-refractivity contribution in [3.05, 3.63) is 11.1 Å². The summed E-state index contributed by atoms with van der Waals surface area (Å²) in [7, 11) is 2.11. The summed E-state index contributed by atoms with van der Waals surface area (Å²) >= 11 is 1.48. The first-order chi connectivity index (χ1) is 7.65. The van der Waals surface area contributed by atoms with E-state index >= 15 is 0 Å². The highest BCUT2D eigenvalue weighted by molar-refractivity contribution is 7.15. The zero-order chi connectivity index (χ0) is 11.5. The van der Waals surface area contributed by atoms with Crippen LogP contribution in [0.15, 0.2) is 6.20 Å².